The van der Waals surface area contributed by atoms with Gasteiger partial charge in [0.25, 0.3) is 0 Å². The minimum absolute atomic E-state index is 0.0206. The Hall–Kier alpha value is -1.88. The molecule has 2 heterocycles. The highest BCUT2D eigenvalue weighted by molar-refractivity contribution is 6.01. The lowest BCUT2D eigenvalue weighted by atomic mass is 9.91. The first-order valence-corrected chi connectivity index (χ1v) is 8.98. The number of aryl methyl sites for hydroxylation is 1. The van der Waals surface area contributed by atoms with E-state index in [1.165, 1.54) is 5.56 Å². The lowest BCUT2D eigenvalue weighted by molar-refractivity contribution is -0.127. The van der Waals surface area contributed by atoms with Crippen molar-refractivity contribution in [2.24, 2.45) is 11.3 Å². The van der Waals surface area contributed by atoms with Crippen molar-refractivity contribution < 1.29 is 9.59 Å². The van der Waals surface area contributed by atoms with E-state index in [9.17, 15) is 9.59 Å². The van der Waals surface area contributed by atoms with Gasteiger partial charge in [-0.25, -0.2) is 0 Å². The van der Waals surface area contributed by atoms with Crippen molar-refractivity contribution in [1.82, 2.24) is 10.6 Å². The largest absolute Gasteiger partial charge is 0.344 e. The van der Waals surface area contributed by atoms with E-state index in [1.807, 2.05) is 31.2 Å². The number of carbonyl (C=O) groups excluding carboxylic acids is 2. The Morgan fingerprint density at radius 3 is 2.67 bits per heavy atom. The number of nitrogens with zero attached hydrogens (tertiary/aromatic N) is 1. The van der Waals surface area contributed by atoms with Crippen LogP contribution in [0.15, 0.2) is 24.3 Å². The molecule has 3 fully saturated rings. The van der Waals surface area contributed by atoms with Gasteiger partial charge in [-0.15, -0.1) is 0 Å². The molecule has 2 unspecified atom stereocenters. The van der Waals surface area contributed by atoms with Gasteiger partial charge in [0, 0.05) is 18.2 Å². The minimum atomic E-state index is -0.363. The van der Waals surface area contributed by atoms with Crippen molar-refractivity contribution in [3.8, 4) is 0 Å². The molecule has 2 saturated heterocycles. The van der Waals surface area contributed by atoms with Gasteiger partial charge in [-0.1, -0.05) is 17.7 Å². The lowest BCUT2D eigenvalue weighted by Gasteiger charge is -2.23. The maximum atomic E-state index is 12.6. The van der Waals surface area contributed by atoms with Crippen LogP contribution in [0.2, 0.25) is 0 Å². The molecule has 0 bridgehead atoms. The summed E-state index contributed by atoms with van der Waals surface area (Å²) in [6, 6.07) is 7.61. The Labute approximate surface area is 142 Å². The van der Waals surface area contributed by atoms with Gasteiger partial charge in [-0.3, -0.25) is 9.59 Å². The highest BCUT2D eigenvalue weighted by Gasteiger charge is 2.58. The zero-order valence-electron chi connectivity index (χ0n) is 14.2. The standard InChI is InChI=1S/C19H25N3O2/c1-13-2-4-14(5-3-13)22-11-6-16(18(22)24)21-17(23)15-12-19(15)7-9-20-10-8-19/h2-5,15-16,20H,6-12H2,1H3,(H,21,23). The van der Waals surface area contributed by atoms with Crippen molar-refractivity contribution >= 4 is 17.5 Å². The third-order valence-corrected chi connectivity index (χ3v) is 5.97. The summed E-state index contributed by atoms with van der Waals surface area (Å²) >= 11 is 0. The lowest BCUT2D eigenvalue weighted by Crippen LogP contribution is -2.43. The maximum Gasteiger partial charge on any atom is 0.249 e. The molecule has 4 rings (SSSR count). The van der Waals surface area contributed by atoms with E-state index in [2.05, 4.69) is 10.6 Å². The number of anilines is 1. The Bertz CT molecular complexity index is 649. The fraction of sp³-hybridized carbons (Fsp3) is 0.579. The Kier molecular flexibility index (Phi) is 3.83. The highest BCUT2D eigenvalue weighted by Crippen LogP contribution is 2.58. The summed E-state index contributed by atoms with van der Waals surface area (Å²) in [5.74, 6) is 0.217. The molecule has 2 N–H and O–H groups in total. The van der Waals surface area contributed by atoms with E-state index in [-0.39, 0.29) is 29.2 Å². The van der Waals surface area contributed by atoms with Crippen LogP contribution >= 0.6 is 0 Å². The van der Waals surface area contributed by atoms with Gasteiger partial charge in [-0.05, 0) is 63.2 Å². The van der Waals surface area contributed by atoms with E-state index in [4.69, 9.17) is 0 Å². The van der Waals surface area contributed by atoms with Gasteiger partial charge in [0.1, 0.15) is 6.04 Å². The molecule has 1 aromatic rings. The second-order valence-electron chi connectivity index (χ2n) is 7.54. The summed E-state index contributed by atoms with van der Waals surface area (Å²) in [5, 5.41) is 6.38. The molecule has 3 aliphatic rings. The van der Waals surface area contributed by atoms with Crippen molar-refractivity contribution in [3.05, 3.63) is 29.8 Å². The average molecular weight is 327 g/mol. The fourth-order valence-corrected chi connectivity index (χ4v) is 4.26. The van der Waals surface area contributed by atoms with Crippen LogP contribution in [0.5, 0.6) is 0 Å². The van der Waals surface area contributed by atoms with Gasteiger partial charge >= 0.3 is 0 Å². The van der Waals surface area contributed by atoms with Gasteiger partial charge < -0.3 is 15.5 Å². The summed E-state index contributed by atoms with van der Waals surface area (Å²) in [7, 11) is 0. The van der Waals surface area contributed by atoms with Crippen LogP contribution in [0.25, 0.3) is 0 Å². The number of piperidine rings is 1. The molecule has 0 aromatic heterocycles. The molecule has 128 valence electrons. The van der Waals surface area contributed by atoms with Crippen LogP contribution in [0.3, 0.4) is 0 Å². The molecule has 1 aliphatic carbocycles. The van der Waals surface area contributed by atoms with Crippen LogP contribution in [0.1, 0.15) is 31.2 Å². The Morgan fingerprint density at radius 2 is 1.96 bits per heavy atom. The van der Waals surface area contributed by atoms with Gasteiger partial charge in [0.2, 0.25) is 11.8 Å². The summed E-state index contributed by atoms with van der Waals surface area (Å²) in [6.45, 7) is 4.72. The third-order valence-electron chi connectivity index (χ3n) is 5.97. The SMILES string of the molecule is Cc1ccc(N2CCC(NC(=O)C3CC34CCNCC4)C2=O)cc1. The number of rotatable bonds is 3. The summed E-state index contributed by atoms with van der Waals surface area (Å²) in [5.41, 5.74) is 2.31. The first kappa shape index (κ1) is 15.6. The van der Waals surface area contributed by atoms with Gasteiger partial charge in [0.05, 0.1) is 0 Å². The Balaban J connectivity index is 1.37. The topological polar surface area (TPSA) is 61.4 Å². The number of carbonyl (C=O) groups is 2. The first-order chi connectivity index (χ1) is 11.6. The number of benzene rings is 1. The number of nitrogens with one attached hydrogen (secondary N) is 2. The van der Waals surface area contributed by atoms with Gasteiger partial charge in [-0.2, -0.15) is 0 Å². The summed E-state index contributed by atoms with van der Waals surface area (Å²) < 4.78 is 0. The molecule has 24 heavy (non-hydrogen) atoms. The summed E-state index contributed by atoms with van der Waals surface area (Å²) in [4.78, 5) is 27.0. The van der Waals surface area contributed by atoms with Crippen molar-refractivity contribution in [3.63, 3.8) is 0 Å². The molecular weight excluding hydrogens is 302 g/mol. The zero-order valence-corrected chi connectivity index (χ0v) is 14.2. The molecular formula is C19H25N3O2. The van der Waals surface area contributed by atoms with E-state index in [0.29, 0.717) is 13.0 Å². The van der Waals surface area contributed by atoms with E-state index >= 15 is 0 Å². The van der Waals surface area contributed by atoms with Crippen LogP contribution in [-0.4, -0.2) is 37.5 Å². The van der Waals surface area contributed by atoms with E-state index in [0.717, 1.165) is 38.0 Å². The molecule has 2 aliphatic heterocycles. The second kappa shape index (κ2) is 5.88. The number of hydrogen-bond donors (Lipinski definition) is 2. The first-order valence-electron chi connectivity index (χ1n) is 8.98. The molecule has 1 spiro atoms. The zero-order chi connectivity index (χ0) is 16.7. The van der Waals surface area contributed by atoms with Crippen LogP contribution in [-0.2, 0) is 9.59 Å². The second-order valence-corrected chi connectivity index (χ2v) is 7.54. The van der Waals surface area contributed by atoms with Crippen molar-refractivity contribution in [2.45, 2.75) is 38.6 Å². The molecule has 0 radical (unpaired) electrons. The quantitative estimate of drug-likeness (QED) is 0.887. The number of amides is 2. The molecule has 5 nitrogen and oxygen atoms in total. The minimum Gasteiger partial charge on any atom is -0.344 e. The van der Waals surface area contributed by atoms with Crippen LogP contribution in [0, 0.1) is 18.3 Å². The highest BCUT2D eigenvalue weighted by atomic mass is 16.2. The van der Waals surface area contributed by atoms with Crippen molar-refractivity contribution in [1.29, 1.82) is 0 Å². The van der Waals surface area contributed by atoms with Crippen LogP contribution < -0.4 is 15.5 Å². The summed E-state index contributed by atoms with van der Waals surface area (Å²) in [6.07, 6.45) is 3.85. The third kappa shape index (κ3) is 2.71. The number of hydrogen-bond acceptors (Lipinski definition) is 3. The van der Waals surface area contributed by atoms with Crippen molar-refractivity contribution in [2.75, 3.05) is 24.5 Å². The fourth-order valence-electron chi connectivity index (χ4n) is 4.26. The van der Waals surface area contributed by atoms with E-state index < -0.39 is 0 Å². The monoisotopic (exact) mass is 327 g/mol. The molecule has 2 atom stereocenters. The molecule has 2 amide bonds. The average Bonchev–Trinajstić information content (AvgIpc) is 3.16. The van der Waals surface area contributed by atoms with E-state index in [1.54, 1.807) is 4.90 Å². The predicted molar refractivity (Wildman–Crippen MR) is 92.7 cm³/mol. The Morgan fingerprint density at radius 1 is 1.25 bits per heavy atom. The maximum absolute atomic E-state index is 12.6. The normalized spacial score (nSPS) is 28.2. The molecule has 1 saturated carbocycles. The smallest absolute Gasteiger partial charge is 0.249 e. The predicted octanol–water partition coefficient (Wildman–Crippen LogP) is 1.61. The van der Waals surface area contributed by atoms with Gasteiger partial charge in [0.15, 0.2) is 0 Å². The molecule has 5 heteroatoms. The molecule has 1 aromatic carbocycles. The van der Waals surface area contributed by atoms with Crippen LogP contribution in [0.4, 0.5) is 5.69 Å².